The fourth-order valence-corrected chi connectivity index (χ4v) is 3.51. The molecule has 0 spiro atoms. The fraction of sp³-hybridized carbons (Fsp3) is 0.333. The standard InChI is InChI=1S/C18H21NO/c1-18(2)15(13-9-5-3-6-10-13)17(20)19-16(18)14-11-7-4-8-12-14/h3-12,15-17,19-20H,1-2H3. The van der Waals surface area contributed by atoms with Crippen LogP contribution in [0, 0.1) is 5.41 Å². The number of aliphatic hydroxyl groups excluding tert-OH is 1. The van der Waals surface area contributed by atoms with Gasteiger partial charge in [0, 0.05) is 12.0 Å². The second kappa shape index (κ2) is 5.04. The molecule has 2 N–H and O–H groups in total. The molecule has 0 bridgehead atoms. The molecular formula is C18H21NO. The Morgan fingerprint density at radius 2 is 1.35 bits per heavy atom. The summed E-state index contributed by atoms with van der Waals surface area (Å²) < 4.78 is 0. The second-order valence-electron chi connectivity index (χ2n) is 6.16. The van der Waals surface area contributed by atoms with Crippen molar-refractivity contribution in [2.45, 2.75) is 32.0 Å². The van der Waals surface area contributed by atoms with E-state index < -0.39 is 6.23 Å². The molecule has 1 saturated heterocycles. The number of rotatable bonds is 2. The maximum absolute atomic E-state index is 10.5. The third kappa shape index (κ3) is 2.15. The zero-order valence-electron chi connectivity index (χ0n) is 12.0. The van der Waals surface area contributed by atoms with Gasteiger partial charge in [-0.05, 0) is 16.5 Å². The smallest absolute Gasteiger partial charge is 0.112 e. The van der Waals surface area contributed by atoms with Crippen LogP contribution in [0.25, 0.3) is 0 Å². The van der Waals surface area contributed by atoms with Crippen LogP contribution in [-0.2, 0) is 0 Å². The van der Waals surface area contributed by atoms with Gasteiger partial charge in [-0.1, -0.05) is 74.5 Å². The van der Waals surface area contributed by atoms with Gasteiger partial charge in [0.2, 0.25) is 0 Å². The molecule has 0 radical (unpaired) electrons. The van der Waals surface area contributed by atoms with E-state index in [1.165, 1.54) is 11.1 Å². The maximum atomic E-state index is 10.5. The first-order valence-corrected chi connectivity index (χ1v) is 7.14. The Morgan fingerprint density at radius 1 is 0.850 bits per heavy atom. The van der Waals surface area contributed by atoms with E-state index in [0.717, 1.165) is 0 Å². The fourth-order valence-electron chi connectivity index (χ4n) is 3.51. The Morgan fingerprint density at radius 3 is 1.90 bits per heavy atom. The van der Waals surface area contributed by atoms with Gasteiger partial charge in [-0.15, -0.1) is 0 Å². The number of benzene rings is 2. The summed E-state index contributed by atoms with van der Waals surface area (Å²) in [5.74, 6) is 0.0916. The molecule has 3 rings (SSSR count). The van der Waals surface area contributed by atoms with Crippen molar-refractivity contribution in [2.24, 2.45) is 5.41 Å². The van der Waals surface area contributed by atoms with Crippen molar-refractivity contribution in [1.82, 2.24) is 5.32 Å². The molecule has 0 saturated carbocycles. The summed E-state index contributed by atoms with van der Waals surface area (Å²) in [6.45, 7) is 4.46. The molecule has 3 atom stereocenters. The minimum atomic E-state index is -0.516. The summed E-state index contributed by atoms with van der Waals surface area (Å²) in [6.07, 6.45) is -0.516. The van der Waals surface area contributed by atoms with Crippen molar-refractivity contribution in [3.05, 3.63) is 71.8 Å². The van der Waals surface area contributed by atoms with Gasteiger partial charge < -0.3 is 5.11 Å². The van der Waals surface area contributed by atoms with Gasteiger partial charge in [0.1, 0.15) is 6.23 Å². The Bertz CT molecular complexity index is 564. The molecule has 0 aliphatic carbocycles. The molecule has 2 heteroatoms. The first-order chi connectivity index (χ1) is 9.60. The minimum Gasteiger partial charge on any atom is -0.378 e. The topological polar surface area (TPSA) is 32.3 Å². The molecule has 0 amide bonds. The third-order valence-electron chi connectivity index (χ3n) is 4.49. The van der Waals surface area contributed by atoms with E-state index in [0.29, 0.717) is 0 Å². The monoisotopic (exact) mass is 267 g/mol. The predicted molar refractivity (Wildman–Crippen MR) is 81.3 cm³/mol. The number of hydrogen-bond donors (Lipinski definition) is 2. The van der Waals surface area contributed by atoms with Crippen LogP contribution in [0.5, 0.6) is 0 Å². The lowest BCUT2D eigenvalue weighted by Crippen LogP contribution is -2.26. The molecule has 20 heavy (non-hydrogen) atoms. The van der Waals surface area contributed by atoms with Crippen molar-refractivity contribution >= 4 is 0 Å². The molecule has 2 nitrogen and oxygen atoms in total. The molecule has 1 fully saturated rings. The van der Waals surface area contributed by atoms with Crippen LogP contribution in [0.2, 0.25) is 0 Å². The molecular weight excluding hydrogens is 246 g/mol. The van der Waals surface area contributed by atoms with Crippen LogP contribution in [-0.4, -0.2) is 11.3 Å². The summed E-state index contributed by atoms with van der Waals surface area (Å²) in [6, 6.07) is 20.8. The largest absolute Gasteiger partial charge is 0.378 e. The van der Waals surface area contributed by atoms with Crippen LogP contribution >= 0.6 is 0 Å². The van der Waals surface area contributed by atoms with Crippen molar-refractivity contribution in [2.75, 3.05) is 0 Å². The molecule has 2 aromatic carbocycles. The third-order valence-corrected chi connectivity index (χ3v) is 4.49. The van der Waals surface area contributed by atoms with Crippen LogP contribution < -0.4 is 5.32 Å². The van der Waals surface area contributed by atoms with Crippen LogP contribution in [0.4, 0.5) is 0 Å². The minimum absolute atomic E-state index is 0.0534. The molecule has 2 aromatic rings. The highest BCUT2D eigenvalue weighted by Crippen LogP contribution is 2.51. The summed E-state index contributed by atoms with van der Waals surface area (Å²) >= 11 is 0. The number of nitrogens with one attached hydrogen (secondary N) is 1. The summed E-state index contributed by atoms with van der Waals surface area (Å²) in [5.41, 5.74) is 2.37. The van der Waals surface area contributed by atoms with E-state index in [2.05, 4.69) is 55.6 Å². The summed E-state index contributed by atoms with van der Waals surface area (Å²) in [4.78, 5) is 0. The maximum Gasteiger partial charge on any atom is 0.112 e. The zero-order chi connectivity index (χ0) is 14.2. The lowest BCUT2D eigenvalue weighted by atomic mass is 9.71. The average Bonchev–Trinajstić information content (AvgIpc) is 2.70. The van der Waals surface area contributed by atoms with Crippen LogP contribution in [0.3, 0.4) is 0 Å². The van der Waals surface area contributed by atoms with Crippen molar-refractivity contribution in [1.29, 1.82) is 0 Å². The van der Waals surface area contributed by atoms with E-state index in [1.807, 2.05) is 24.3 Å². The second-order valence-corrected chi connectivity index (χ2v) is 6.16. The Hall–Kier alpha value is -1.64. The molecule has 3 unspecified atom stereocenters. The van der Waals surface area contributed by atoms with E-state index in [-0.39, 0.29) is 17.4 Å². The van der Waals surface area contributed by atoms with Gasteiger partial charge in [0.05, 0.1) is 0 Å². The average molecular weight is 267 g/mol. The normalized spacial score (nSPS) is 28.4. The quantitative estimate of drug-likeness (QED) is 0.873. The summed E-state index contributed by atoms with van der Waals surface area (Å²) in [5, 5.41) is 13.9. The highest BCUT2D eigenvalue weighted by atomic mass is 16.3. The van der Waals surface area contributed by atoms with Crippen molar-refractivity contribution in [3.63, 3.8) is 0 Å². The van der Waals surface area contributed by atoms with Gasteiger partial charge in [0.15, 0.2) is 0 Å². The van der Waals surface area contributed by atoms with Gasteiger partial charge in [-0.25, -0.2) is 0 Å². The number of hydrogen-bond acceptors (Lipinski definition) is 2. The molecule has 0 aromatic heterocycles. The van der Waals surface area contributed by atoms with Gasteiger partial charge in [-0.3, -0.25) is 5.32 Å². The van der Waals surface area contributed by atoms with Gasteiger partial charge in [0.25, 0.3) is 0 Å². The van der Waals surface area contributed by atoms with E-state index in [1.54, 1.807) is 0 Å². The first kappa shape index (κ1) is 13.3. The van der Waals surface area contributed by atoms with Crippen LogP contribution in [0.15, 0.2) is 60.7 Å². The number of aliphatic hydroxyl groups is 1. The lowest BCUT2D eigenvalue weighted by molar-refractivity contribution is 0.124. The lowest BCUT2D eigenvalue weighted by Gasteiger charge is -2.32. The first-order valence-electron chi connectivity index (χ1n) is 7.14. The van der Waals surface area contributed by atoms with Crippen molar-refractivity contribution < 1.29 is 5.11 Å². The van der Waals surface area contributed by atoms with Crippen molar-refractivity contribution in [3.8, 4) is 0 Å². The Labute approximate surface area is 120 Å². The molecule has 1 aliphatic heterocycles. The van der Waals surface area contributed by atoms with Gasteiger partial charge in [-0.2, -0.15) is 0 Å². The van der Waals surface area contributed by atoms with E-state index in [4.69, 9.17) is 0 Å². The van der Waals surface area contributed by atoms with E-state index >= 15 is 0 Å². The predicted octanol–water partition coefficient (Wildman–Crippen LogP) is 3.46. The summed E-state index contributed by atoms with van der Waals surface area (Å²) in [7, 11) is 0. The van der Waals surface area contributed by atoms with Crippen LogP contribution in [0.1, 0.15) is 36.9 Å². The van der Waals surface area contributed by atoms with E-state index in [9.17, 15) is 5.11 Å². The molecule has 104 valence electrons. The SMILES string of the molecule is CC1(C)C(c2ccccc2)NC(O)C1c1ccccc1. The Balaban J connectivity index is 1.99. The molecule has 1 heterocycles. The van der Waals surface area contributed by atoms with Gasteiger partial charge >= 0.3 is 0 Å². The highest BCUT2D eigenvalue weighted by Gasteiger charge is 2.49. The zero-order valence-corrected chi connectivity index (χ0v) is 12.0. The Kier molecular flexibility index (Phi) is 3.36. The highest BCUT2D eigenvalue weighted by molar-refractivity contribution is 5.31. The molecule has 1 aliphatic rings.